The predicted octanol–water partition coefficient (Wildman–Crippen LogP) is 19.1. The van der Waals surface area contributed by atoms with E-state index in [-0.39, 0.29) is 16.2 Å². The highest BCUT2D eigenvalue weighted by atomic mass is 79.9. The molecule has 12 aromatic rings. The molecule has 2 heteroatoms. The van der Waals surface area contributed by atoms with Crippen molar-refractivity contribution in [3.63, 3.8) is 0 Å². The second-order valence-electron chi connectivity index (χ2n) is 21.2. The van der Waals surface area contributed by atoms with E-state index in [0.717, 1.165) is 8.95 Å². The van der Waals surface area contributed by atoms with Crippen LogP contribution in [-0.4, -0.2) is 0 Å². The van der Waals surface area contributed by atoms with Gasteiger partial charge in [0.1, 0.15) is 0 Å². The van der Waals surface area contributed by atoms with Crippen LogP contribution in [0.3, 0.4) is 0 Å². The Morgan fingerprint density at radius 1 is 0.258 bits per heavy atom. The fraction of sp³-hybridized carbons (Fsp3) is 0.200. The monoisotopic (exact) mass is 926 g/mol. The van der Waals surface area contributed by atoms with Gasteiger partial charge in [0, 0.05) is 8.95 Å². The highest BCUT2D eigenvalue weighted by Gasteiger charge is 2.26. The average Bonchev–Trinajstić information content (AvgIpc) is 3.23. The molecule has 0 radical (unpaired) electrons. The van der Waals surface area contributed by atoms with E-state index in [1.807, 2.05) is 0 Å². The Hall–Kier alpha value is -5.28. The van der Waals surface area contributed by atoms with Crippen molar-refractivity contribution in [1.29, 1.82) is 0 Å². The SMILES string of the molecule is CC(C)(C)c1cc2ccc3c(Br)cc(-c4cc(-c5cc(Br)c6ccc7cc(C(C)(C)C)cc8ccc5c6c78)c5ccc6cc(C(C)(C)C)cc7ccc4c5c76)c4ccc(c1)c2c34. The Labute approximate surface area is 380 Å². The van der Waals surface area contributed by atoms with Gasteiger partial charge in [-0.3, -0.25) is 0 Å². The first kappa shape index (κ1) is 38.4. The van der Waals surface area contributed by atoms with Crippen LogP contribution in [0.1, 0.15) is 79.0 Å². The predicted molar refractivity (Wildman–Crippen MR) is 280 cm³/mol. The largest absolute Gasteiger partial charge is 0.0561 e. The van der Waals surface area contributed by atoms with Crippen LogP contribution in [-0.2, 0) is 16.2 Å². The lowest BCUT2D eigenvalue weighted by Gasteiger charge is -2.25. The molecule has 0 nitrogen and oxygen atoms in total. The normalized spacial score (nSPS) is 13.4. The minimum atomic E-state index is 0.0318. The lowest BCUT2D eigenvalue weighted by Crippen LogP contribution is -2.11. The molecule has 12 rings (SSSR count). The number of hydrogen-bond acceptors (Lipinski definition) is 0. The van der Waals surface area contributed by atoms with Gasteiger partial charge in [-0.1, -0.05) is 203 Å². The van der Waals surface area contributed by atoms with Gasteiger partial charge in [-0.15, -0.1) is 0 Å². The summed E-state index contributed by atoms with van der Waals surface area (Å²) in [5, 5.41) is 23.4. The van der Waals surface area contributed by atoms with Crippen LogP contribution in [0.4, 0.5) is 0 Å². The van der Waals surface area contributed by atoms with Gasteiger partial charge in [-0.2, -0.15) is 0 Å². The van der Waals surface area contributed by atoms with Crippen molar-refractivity contribution in [2.75, 3.05) is 0 Å². The standard InChI is InChI=1S/C60H48Br2/c1-58(2,3)37-22-31-10-16-40-46(48-29-50(61)44-20-14-35-26-38(59(4,5)6)24-33-12-18-42(48)56(44)53(33)35)28-47(41-17-11-32(23-37)52(31)55(40)41)49-30-51(62)45-21-15-36-27-39(60(7,8)9)25-34-13-19-43(49)57(45)54(34)36/h10-30H,1-9H3. The molecule has 0 amide bonds. The first-order valence-corrected chi connectivity index (χ1v) is 23.6. The van der Waals surface area contributed by atoms with E-state index in [1.165, 1.54) is 136 Å². The Bertz CT molecular complexity index is 3580. The molecule has 62 heavy (non-hydrogen) atoms. The summed E-state index contributed by atoms with van der Waals surface area (Å²) in [5.41, 5.74) is 9.24. The maximum Gasteiger partial charge on any atom is 0.0260 e. The summed E-state index contributed by atoms with van der Waals surface area (Å²) in [6.45, 7) is 20.8. The van der Waals surface area contributed by atoms with Crippen LogP contribution in [0.5, 0.6) is 0 Å². The Balaban J connectivity index is 1.23. The van der Waals surface area contributed by atoms with Gasteiger partial charge in [0.2, 0.25) is 0 Å². The van der Waals surface area contributed by atoms with Crippen molar-refractivity contribution in [3.8, 4) is 22.3 Å². The van der Waals surface area contributed by atoms with E-state index < -0.39 is 0 Å². The van der Waals surface area contributed by atoms with Crippen molar-refractivity contribution in [2.45, 2.75) is 78.6 Å². The van der Waals surface area contributed by atoms with E-state index in [1.54, 1.807) is 0 Å². The van der Waals surface area contributed by atoms with Gasteiger partial charge in [-0.25, -0.2) is 0 Å². The number of rotatable bonds is 2. The van der Waals surface area contributed by atoms with Gasteiger partial charge in [0.15, 0.2) is 0 Å². The molecule has 0 saturated carbocycles. The summed E-state index contributed by atoms with van der Waals surface area (Å²) in [4.78, 5) is 0. The molecule has 302 valence electrons. The van der Waals surface area contributed by atoms with E-state index >= 15 is 0 Å². The molecule has 0 saturated heterocycles. The number of hydrogen-bond donors (Lipinski definition) is 0. The summed E-state index contributed by atoms with van der Waals surface area (Å²) in [6.07, 6.45) is 0. The lowest BCUT2D eigenvalue weighted by molar-refractivity contribution is 0.591. The summed E-state index contributed by atoms with van der Waals surface area (Å²) >= 11 is 8.29. The average molecular weight is 929 g/mol. The quantitative estimate of drug-likeness (QED) is 0.152. The van der Waals surface area contributed by atoms with Gasteiger partial charge < -0.3 is 0 Å². The molecule has 12 aromatic carbocycles. The maximum absolute atomic E-state index is 4.15. The van der Waals surface area contributed by atoms with Crippen molar-refractivity contribution < 1.29 is 0 Å². The molecule has 0 fully saturated rings. The number of benzene rings is 12. The maximum atomic E-state index is 4.15. The molecule has 0 N–H and O–H groups in total. The minimum absolute atomic E-state index is 0.0318. The van der Waals surface area contributed by atoms with Gasteiger partial charge in [0.25, 0.3) is 0 Å². The molecule has 0 aliphatic heterocycles. The Kier molecular flexibility index (Phi) is 7.85. The third-order valence-electron chi connectivity index (χ3n) is 14.2. The molecular formula is C60H48Br2. The van der Waals surface area contributed by atoms with Crippen LogP contribution in [0, 0.1) is 0 Å². The zero-order valence-electron chi connectivity index (χ0n) is 36.9. The van der Waals surface area contributed by atoms with E-state index in [0.29, 0.717) is 0 Å². The second kappa shape index (κ2) is 12.7. The Morgan fingerprint density at radius 2 is 0.484 bits per heavy atom. The van der Waals surface area contributed by atoms with Crippen LogP contribution in [0.15, 0.2) is 136 Å². The highest BCUT2D eigenvalue weighted by molar-refractivity contribution is 9.11. The van der Waals surface area contributed by atoms with E-state index in [9.17, 15) is 0 Å². The van der Waals surface area contributed by atoms with Crippen LogP contribution < -0.4 is 0 Å². The minimum Gasteiger partial charge on any atom is -0.0561 e. The van der Waals surface area contributed by atoms with Crippen LogP contribution in [0.25, 0.3) is 119 Å². The lowest BCUT2D eigenvalue weighted by atomic mass is 9.79. The Morgan fingerprint density at radius 3 is 0.742 bits per heavy atom. The van der Waals surface area contributed by atoms with Crippen LogP contribution in [0.2, 0.25) is 0 Å². The summed E-state index contributed by atoms with van der Waals surface area (Å²) in [7, 11) is 0. The topological polar surface area (TPSA) is 0 Å². The van der Waals surface area contributed by atoms with Crippen molar-refractivity contribution in [2.24, 2.45) is 0 Å². The fourth-order valence-corrected chi connectivity index (χ4v) is 12.0. The van der Waals surface area contributed by atoms with Gasteiger partial charge >= 0.3 is 0 Å². The molecule has 0 heterocycles. The van der Waals surface area contributed by atoms with Crippen molar-refractivity contribution in [1.82, 2.24) is 0 Å². The van der Waals surface area contributed by atoms with E-state index in [2.05, 4.69) is 222 Å². The number of halogens is 2. The molecule has 0 unspecified atom stereocenters. The zero-order valence-corrected chi connectivity index (χ0v) is 40.1. The van der Waals surface area contributed by atoms with Gasteiger partial charge in [-0.05, 0) is 170 Å². The highest BCUT2D eigenvalue weighted by Crippen LogP contribution is 2.52. The summed E-state index contributed by atoms with van der Waals surface area (Å²) in [6, 6.07) is 50.2. The smallest absolute Gasteiger partial charge is 0.0260 e. The molecule has 0 bridgehead atoms. The molecular weight excluding hydrogens is 880 g/mol. The first-order chi connectivity index (χ1) is 29.4. The second-order valence-corrected chi connectivity index (χ2v) is 22.9. The molecule has 0 spiro atoms. The first-order valence-electron chi connectivity index (χ1n) is 22.0. The zero-order chi connectivity index (χ0) is 42.9. The van der Waals surface area contributed by atoms with Gasteiger partial charge in [0.05, 0.1) is 0 Å². The summed E-state index contributed by atoms with van der Waals surface area (Å²) < 4.78 is 2.24. The van der Waals surface area contributed by atoms with E-state index in [4.69, 9.17) is 0 Å². The third-order valence-corrected chi connectivity index (χ3v) is 15.5. The van der Waals surface area contributed by atoms with Crippen molar-refractivity contribution >= 4 is 129 Å². The molecule has 0 atom stereocenters. The summed E-state index contributed by atoms with van der Waals surface area (Å²) in [5.74, 6) is 0. The van der Waals surface area contributed by atoms with Crippen LogP contribution >= 0.6 is 31.9 Å². The molecule has 0 aromatic heterocycles. The molecule has 0 aliphatic carbocycles. The molecule has 0 aliphatic rings. The fourth-order valence-electron chi connectivity index (χ4n) is 10.9. The van der Waals surface area contributed by atoms with Crippen molar-refractivity contribution in [3.05, 3.63) is 153 Å². The third kappa shape index (κ3) is 5.42.